The lowest BCUT2D eigenvalue weighted by molar-refractivity contribution is -0.545. The number of fused-ring (bicyclic) bond motifs is 1. The van der Waals surface area contributed by atoms with Crippen molar-refractivity contribution in [2.24, 2.45) is 0 Å². The van der Waals surface area contributed by atoms with Gasteiger partial charge in [-0.1, -0.05) is 6.07 Å². The fourth-order valence-electron chi connectivity index (χ4n) is 3.13. The number of methoxy groups -OCH3 is 2. The minimum absolute atomic E-state index is 0.0979. The molecule has 0 bridgehead atoms. The van der Waals surface area contributed by atoms with Crippen LogP contribution in [0.4, 0.5) is 8.78 Å². The van der Waals surface area contributed by atoms with Crippen LogP contribution >= 0.6 is 0 Å². The fourth-order valence-corrected chi connectivity index (χ4v) is 3.13. The van der Waals surface area contributed by atoms with E-state index in [0.717, 1.165) is 23.3 Å². The number of hydrogen-bond donors (Lipinski definition) is 0. The molecule has 2 aromatic carbocycles. The molecule has 126 valence electrons. The van der Waals surface area contributed by atoms with Crippen molar-refractivity contribution >= 4 is 5.71 Å². The molecule has 0 aliphatic carbocycles. The van der Waals surface area contributed by atoms with Gasteiger partial charge in [-0.25, -0.2) is 13.4 Å². The molecule has 24 heavy (non-hydrogen) atoms. The van der Waals surface area contributed by atoms with Crippen LogP contribution in [0.1, 0.15) is 23.6 Å². The number of halogens is 2. The van der Waals surface area contributed by atoms with Crippen molar-refractivity contribution in [1.82, 2.24) is 0 Å². The summed E-state index contributed by atoms with van der Waals surface area (Å²) in [6, 6.07) is 7.86. The molecule has 0 N–H and O–H groups in total. The standard InChI is InChI=1S/C19H20F2NO2/c1-12-14-10-19(24-3)18(23-2)9-13(14)7-8-22(12)11-15-16(20)5-4-6-17(15)21/h4-6,9-10H,7-8,11H2,1-3H3/q+1. The van der Waals surface area contributed by atoms with E-state index in [4.69, 9.17) is 9.47 Å². The van der Waals surface area contributed by atoms with E-state index in [1.165, 1.54) is 18.2 Å². The highest BCUT2D eigenvalue weighted by Crippen LogP contribution is 2.32. The Morgan fingerprint density at radius 3 is 2.29 bits per heavy atom. The van der Waals surface area contributed by atoms with Crippen LogP contribution in [0.2, 0.25) is 0 Å². The maximum atomic E-state index is 13.9. The van der Waals surface area contributed by atoms with E-state index >= 15 is 0 Å². The van der Waals surface area contributed by atoms with E-state index in [-0.39, 0.29) is 12.1 Å². The zero-order valence-corrected chi connectivity index (χ0v) is 14.0. The maximum Gasteiger partial charge on any atom is 0.180 e. The predicted octanol–water partition coefficient (Wildman–Crippen LogP) is 3.56. The van der Waals surface area contributed by atoms with Crippen molar-refractivity contribution in [3.8, 4) is 11.5 Å². The van der Waals surface area contributed by atoms with Gasteiger partial charge in [-0.05, 0) is 29.8 Å². The molecule has 0 unspecified atom stereocenters. The van der Waals surface area contributed by atoms with Crippen LogP contribution in [0.25, 0.3) is 0 Å². The van der Waals surface area contributed by atoms with Crippen LogP contribution < -0.4 is 9.47 Å². The molecular formula is C19H20F2NO2+. The molecule has 0 aromatic heterocycles. The molecule has 1 heterocycles. The van der Waals surface area contributed by atoms with Gasteiger partial charge in [0, 0.05) is 18.9 Å². The van der Waals surface area contributed by atoms with Gasteiger partial charge >= 0.3 is 0 Å². The third-order valence-corrected chi connectivity index (χ3v) is 4.54. The lowest BCUT2D eigenvalue weighted by atomic mass is 9.96. The highest BCUT2D eigenvalue weighted by molar-refractivity contribution is 5.97. The lowest BCUT2D eigenvalue weighted by Gasteiger charge is -2.19. The molecular weight excluding hydrogens is 312 g/mol. The van der Waals surface area contributed by atoms with Crippen molar-refractivity contribution < 1.29 is 22.8 Å². The van der Waals surface area contributed by atoms with Gasteiger partial charge in [0.25, 0.3) is 0 Å². The molecule has 0 atom stereocenters. The topological polar surface area (TPSA) is 21.5 Å². The summed E-state index contributed by atoms with van der Waals surface area (Å²) in [4.78, 5) is 0. The monoisotopic (exact) mass is 332 g/mol. The SMILES string of the molecule is COc1cc2c(cc1OC)C(C)=[N+](Cc1c(F)cccc1F)CC2. The molecule has 0 saturated carbocycles. The summed E-state index contributed by atoms with van der Waals surface area (Å²) >= 11 is 0. The van der Waals surface area contributed by atoms with Crippen LogP contribution in [0.5, 0.6) is 11.5 Å². The van der Waals surface area contributed by atoms with Gasteiger partial charge < -0.3 is 9.47 Å². The van der Waals surface area contributed by atoms with E-state index in [9.17, 15) is 8.78 Å². The second-order valence-corrected chi connectivity index (χ2v) is 5.82. The Balaban J connectivity index is 2.03. The lowest BCUT2D eigenvalue weighted by Crippen LogP contribution is -2.28. The summed E-state index contributed by atoms with van der Waals surface area (Å²) in [5, 5.41) is 0. The zero-order chi connectivity index (χ0) is 17.3. The van der Waals surface area contributed by atoms with Crippen LogP contribution in [0.3, 0.4) is 0 Å². The molecule has 3 nitrogen and oxygen atoms in total. The smallest absolute Gasteiger partial charge is 0.180 e. The third kappa shape index (κ3) is 2.86. The van der Waals surface area contributed by atoms with E-state index in [1.54, 1.807) is 14.2 Å². The van der Waals surface area contributed by atoms with Crippen molar-refractivity contribution in [2.75, 3.05) is 20.8 Å². The van der Waals surface area contributed by atoms with Crippen LogP contribution in [-0.2, 0) is 13.0 Å². The van der Waals surface area contributed by atoms with Crippen molar-refractivity contribution in [3.05, 3.63) is 58.7 Å². The fraction of sp³-hybridized carbons (Fsp3) is 0.316. The minimum atomic E-state index is -0.513. The van der Waals surface area contributed by atoms with Gasteiger partial charge in [-0.15, -0.1) is 0 Å². The van der Waals surface area contributed by atoms with E-state index in [0.29, 0.717) is 18.0 Å². The highest BCUT2D eigenvalue weighted by atomic mass is 19.1. The number of nitrogens with zero attached hydrogens (tertiary/aromatic N) is 1. The van der Waals surface area contributed by atoms with Crippen LogP contribution in [0.15, 0.2) is 30.3 Å². The second kappa shape index (κ2) is 6.59. The molecule has 0 fully saturated rings. The van der Waals surface area contributed by atoms with Crippen LogP contribution in [0, 0.1) is 11.6 Å². The second-order valence-electron chi connectivity index (χ2n) is 5.82. The quantitative estimate of drug-likeness (QED) is 0.799. The maximum absolute atomic E-state index is 13.9. The van der Waals surface area contributed by atoms with E-state index in [2.05, 4.69) is 0 Å². The van der Waals surface area contributed by atoms with Crippen molar-refractivity contribution in [3.63, 3.8) is 0 Å². The number of hydrogen-bond acceptors (Lipinski definition) is 2. The largest absolute Gasteiger partial charge is 0.493 e. The van der Waals surface area contributed by atoms with E-state index < -0.39 is 11.6 Å². The van der Waals surface area contributed by atoms with Gasteiger partial charge in [0.05, 0.1) is 19.8 Å². The molecule has 1 aliphatic heterocycles. The normalized spacial score (nSPS) is 13.7. The molecule has 0 saturated heterocycles. The Kier molecular flexibility index (Phi) is 4.51. The first-order valence-corrected chi connectivity index (χ1v) is 7.81. The average Bonchev–Trinajstić information content (AvgIpc) is 2.59. The Labute approximate surface area is 140 Å². The number of ether oxygens (including phenoxy) is 2. The highest BCUT2D eigenvalue weighted by Gasteiger charge is 2.26. The number of benzene rings is 2. The summed E-state index contributed by atoms with van der Waals surface area (Å²) in [5.74, 6) is 0.314. The predicted molar refractivity (Wildman–Crippen MR) is 88.2 cm³/mol. The van der Waals surface area contributed by atoms with Crippen LogP contribution in [-0.4, -0.2) is 31.1 Å². The van der Waals surface area contributed by atoms with Gasteiger partial charge in [0.15, 0.2) is 23.8 Å². The molecule has 1 aliphatic rings. The summed E-state index contributed by atoms with van der Waals surface area (Å²) in [7, 11) is 3.20. The Morgan fingerprint density at radius 2 is 1.67 bits per heavy atom. The first-order valence-electron chi connectivity index (χ1n) is 7.81. The molecule has 0 spiro atoms. The molecule has 5 heteroatoms. The van der Waals surface area contributed by atoms with E-state index in [1.807, 2.05) is 23.6 Å². The average molecular weight is 332 g/mol. The van der Waals surface area contributed by atoms with Gasteiger partial charge in [-0.3, -0.25) is 0 Å². The summed E-state index contributed by atoms with van der Waals surface area (Å²) in [5.41, 5.74) is 3.24. The summed E-state index contributed by atoms with van der Waals surface area (Å²) < 4.78 is 40.6. The van der Waals surface area contributed by atoms with Gasteiger partial charge in [-0.2, -0.15) is 0 Å². The molecule has 3 rings (SSSR count). The Morgan fingerprint density at radius 1 is 1.04 bits per heavy atom. The first-order chi connectivity index (χ1) is 11.5. The zero-order valence-electron chi connectivity index (χ0n) is 14.0. The third-order valence-electron chi connectivity index (χ3n) is 4.54. The molecule has 0 radical (unpaired) electrons. The Bertz CT molecular complexity index is 795. The van der Waals surface area contributed by atoms with Crippen molar-refractivity contribution in [1.29, 1.82) is 0 Å². The van der Waals surface area contributed by atoms with Gasteiger partial charge in [0.1, 0.15) is 18.2 Å². The minimum Gasteiger partial charge on any atom is -0.493 e. The number of rotatable bonds is 4. The summed E-state index contributed by atoms with van der Waals surface area (Å²) in [6.45, 7) is 2.86. The molecule has 2 aromatic rings. The van der Waals surface area contributed by atoms with Gasteiger partial charge in [0.2, 0.25) is 0 Å². The molecule has 0 amide bonds. The Hall–Kier alpha value is -2.43. The van der Waals surface area contributed by atoms with Crippen molar-refractivity contribution in [2.45, 2.75) is 19.9 Å². The summed E-state index contributed by atoms with van der Waals surface area (Å²) in [6.07, 6.45) is 0.781. The first kappa shape index (κ1) is 16.4.